The highest BCUT2D eigenvalue weighted by molar-refractivity contribution is 7.99. The van der Waals surface area contributed by atoms with E-state index in [1.807, 2.05) is 24.3 Å². The smallest absolute Gasteiger partial charge is 0.270 e. The van der Waals surface area contributed by atoms with Crippen molar-refractivity contribution >= 4 is 35.3 Å². The number of nitrogens with zero attached hydrogens (tertiary/aromatic N) is 3. The zero-order valence-electron chi connectivity index (χ0n) is 17.2. The molecule has 0 aliphatic carbocycles. The molecule has 1 N–H and O–H groups in total. The summed E-state index contributed by atoms with van der Waals surface area (Å²) in [5, 5.41) is 15.2. The van der Waals surface area contributed by atoms with Gasteiger partial charge in [0.15, 0.2) is 0 Å². The number of thioether (sulfide) groups is 1. The molecule has 0 bridgehead atoms. The number of rotatable bonds is 9. The lowest BCUT2D eigenvalue weighted by atomic mass is 10.1. The highest BCUT2D eigenvalue weighted by atomic mass is 32.2. The van der Waals surface area contributed by atoms with E-state index in [4.69, 9.17) is 9.47 Å². The molecule has 1 saturated heterocycles. The maximum atomic E-state index is 12.1. The molecule has 9 nitrogen and oxygen atoms in total. The summed E-state index contributed by atoms with van der Waals surface area (Å²) in [7, 11) is 1.62. The second-order valence-electron chi connectivity index (χ2n) is 6.73. The number of methoxy groups -OCH3 is 1. The first-order valence-electron chi connectivity index (χ1n) is 9.70. The molecule has 2 aromatic carbocycles. The minimum atomic E-state index is -0.450. The minimum Gasteiger partial charge on any atom is -0.497 e. The van der Waals surface area contributed by atoms with Crippen LogP contribution in [0.2, 0.25) is 0 Å². The van der Waals surface area contributed by atoms with Crippen molar-refractivity contribution < 1.29 is 19.2 Å². The number of carbonyl (C=O) groups excluding carboxylic acids is 1. The second-order valence-corrected chi connectivity index (χ2v) is 7.72. The molecular formula is C21H24N4O5S. The number of hydrogen-bond donors (Lipinski definition) is 1. The number of carbonyl (C=O) groups is 1. The minimum absolute atomic E-state index is 0.0279. The van der Waals surface area contributed by atoms with Crippen molar-refractivity contribution in [3.63, 3.8) is 0 Å². The SMILES string of the molecule is COc1ccc(CSCC(=O)N/N=C\c2cc([N+](=O)[O-])ccc2N2CCOCC2)cc1. The summed E-state index contributed by atoms with van der Waals surface area (Å²) in [6, 6.07) is 12.3. The average Bonchev–Trinajstić information content (AvgIpc) is 2.80. The van der Waals surface area contributed by atoms with Gasteiger partial charge in [0, 0.05) is 42.2 Å². The standard InChI is InChI=1S/C21H24N4O5S/c1-29-19-5-2-16(3-6-19)14-31-15-21(26)23-22-13-17-12-18(25(27)28)4-7-20(17)24-8-10-30-11-9-24/h2-7,12-13H,8-11,14-15H2,1H3,(H,23,26)/b22-13-. The number of nitro groups is 1. The van der Waals surface area contributed by atoms with Gasteiger partial charge in [0.25, 0.3) is 5.69 Å². The zero-order valence-corrected chi connectivity index (χ0v) is 18.0. The summed E-state index contributed by atoms with van der Waals surface area (Å²) in [4.78, 5) is 24.9. The number of non-ortho nitro benzene ring substituents is 1. The summed E-state index contributed by atoms with van der Waals surface area (Å²) in [6.45, 7) is 2.56. The molecule has 1 amide bonds. The van der Waals surface area contributed by atoms with Gasteiger partial charge in [-0.2, -0.15) is 5.10 Å². The highest BCUT2D eigenvalue weighted by Gasteiger charge is 2.17. The number of nitrogens with one attached hydrogen (secondary N) is 1. The number of nitro benzene ring substituents is 1. The molecule has 164 valence electrons. The van der Waals surface area contributed by atoms with Gasteiger partial charge in [-0.05, 0) is 23.8 Å². The molecule has 0 saturated carbocycles. The fourth-order valence-electron chi connectivity index (χ4n) is 3.04. The number of hydrogen-bond acceptors (Lipinski definition) is 8. The Morgan fingerprint density at radius 2 is 2.03 bits per heavy atom. The summed E-state index contributed by atoms with van der Waals surface area (Å²) < 4.78 is 10.5. The third-order valence-electron chi connectivity index (χ3n) is 4.63. The fraction of sp³-hybridized carbons (Fsp3) is 0.333. The molecule has 3 rings (SSSR count). The molecule has 0 aromatic heterocycles. The first-order chi connectivity index (χ1) is 15.1. The number of amides is 1. The van der Waals surface area contributed by atoms with Crippen molar-refractivity contribution in [2.75, 3.05) is 44.1 Å². The van der Waals surface area contributed by atoms with Gasteiger partial charge >= 0.3 is 0 Å². The lowest BCUT2D eigenvalue weighted by Crippen LogP contribution is -2.36. The molecule has 1 heterocycles. The number of benzene rings is 2. The van der Waals surface area contributed by atoms with Crippen molar-refractivity contribution in [2.45, 2.75) is 5.75 Å². The summed E-state index contributed by atoms with van der Waals surface area (Å²) in [5.41, 5.74) is 4.95. The molecule has 0 spiro atoms. The van der Waals surface area contributed by atoms with E-state index in [1.54, 1.807) is 13.2 Å². The lowest BCUT2D eigenvalue weighted by molar-refractivity contribution is -0.384. The normalized spacial score (nSPS) is 13.9. The lowest BCUT2D eigenvalue weighted by Gasteiger charge is -2.29. The Kier molecular flexibility index (Phi) is 8.25. The van der Waals surface area contributed by atoms with Gasteiger partial charge in [0.2, 0.25) is 5.91 Å². The molecule has 1 fully saturated rings. The number of ether oxygens (including phenoxy) is 2. The third kappa shape index (κ3) is 6.69. The van der Waals surface area contributed by atoms with Crippen LogP contribution < -0.4 is 15.1 Å². The van der Waals surface area contributed by atoms with Crippen LogP contribution >= 0.6 is 11.8 Å². The molecule has 1 aliphatic heterocycles. The van der Waals surface area contributed by atoms with Gasteiger partial charge in [-0.15, -0.1) is 11.8 Å². The molecular weight excluding hydrogens is 420 g/mol. The van der Waals surface area contributed by atoms with Crippen LogP contribution in [0.3, 0.4) is 0 Å². The topological polar surface area (TPSA) is 106 Å². The van der Waals surface area contributed by atoms with Gasteiger partial charge in [0.05, 0.1) is 37.2 Å². The van der Waals surface area contributed by atoms with E-state index >= 15 is 0 Å². The second kappa shape index (κ2) is 11.3. The maximum Gasteiger partial charge on any atom is 0.270 e. The van der Waals surface area contributed by atoms with E-state index in [9.17, 15) is 14.9 Å². The van der Waals surface area contributed by atoms with Crippen LogP contribution in [0.1, 0.15) is 11.1 Å². The van der Waals surface area contributed by atoms with E-state index in [-0.39, 0.29) is 17.3 Å². The van der Waals surface area contributed by atoms with Crippen LogP contribution in [0.4, 0.5) is 11.4 Å². The number of anilines is 1. The van der Waals surface area contributed by atoms with E-state index in [0.717, 1.165) is 17.0 Å². The Bertz CT molecular complexity index is 930. The van der Waals surface area contributed by atoms with Crippen molar-refractivity contribution in [3.8, 4) is 5.75 Å². The van der Waals surface area contributed by atoms with Crippen molar-refractivity contribution in [1.82, 2.24) is 5.43 Å². The largest absolute Gasteiger partial charge is 0.497 e. The van der Waals surface area contributed by atoms with E-state index < -0.39 is 4.92 Å². The van der Waals surface area contributed by atoms with E-state index in [0.29, 0.717) is 37.6 Å². The molecule has 2 aromatic rings. The van der Waals surface area contributed by atoms with Crippen molar-refractivity contribution in [1.29, 1.82) is 0 Å². The molecule has 10 heteroatoms. The van der Waals surface area contributed by atoms with Crippen LogP contribution in [-0.2, 0) is 15.3 Å². The first kappa shape index (κ1) is 22.6. The Morgan fingerprint density at radius 1 is 1.29 bits per heavy atom. The third-order valence-corrected chi connectivity index (χ3v) is 5.63. The van der Waals surface area contributed by atoms with Crippen LogP contribution in [0.15, 0.2) is 47.6 Å². The molecule has 0 radical (unpaired) electrons. The van der Waals surface area contributed by atoms with Gasteiger partial charge in [-0.1, -0.05) is 12.1 Å². The Labute approximate surface area is 184 Å². The van der Waals surface area contributed by atoms with Crippen molar-refractivity contribution in [2.24, 2.45) is 5.10 Å². The Hall–Kier alpha value is -3.11. The zero-order chi connectivity index (χ0) is 22.1. The van der Waals surface area contributed by atoms with Crippen LogP contribution in [-0.4, -0.2) is 56.2 Å². The fourth-order valence-corrected chi connectivity index (χ4v) is 3.82. The van der Waals surface area contributed by atoms with Crippen LogP contribution in [0, 0.1) is 10.1 Å². The summed E-state index contributed by atoms with van der Waals surface area (Å²) >= 11 is 1.47. The van der Waals surface area contributed by atoms with Crippen molar-refractivity contribution in [3.05, 3.63) is 63.7 Å². The quantitative estimate of drug-likeness (QED) is 0.360. The first-order valence-corrected chi connectivity index (χ1v) is 10.9. The molecule has 0 atom stereocenters. The molecule has 0 unspecified atom stereocenters. The Balaban J connectivity index is 1.56. The highest BCUT2D eigenvalue weighted by Crippen LogP contribution is 2.25. The van der Waals surface area contributed by atoms with Gasteiger partial charge in [0.1, 0.15) is 5.75 Å². The maximum absolute atomic E-state index is 12.1. The number of hydrazone groups is 1. The predicted octanol–water partition coefficient (Wildman–Crippen LogP) is 2.82. The van der Waals surface area contributed by atoms with Gasteiger partial charge in [-0.3, -0.25) is 14.9 Å². The monoisotopic (exact) mass is 444 g/mol. The summed E-state index contributed by atoms with van der Waals surface area (Å²) in [5.74, 6) is 1.48. The molecule has 31 heavy (non-hydrogen) atoms. The van der Waals surface area contributed by atoms with E-state index in [1.165, 1.54) is 30.1 Å². The average molecular weight is 445 g/mol. The molecule has 1 aliphatic rings. The predicted molar refractivity (Wildman–Crippen MR) is 121 cm³/mol. The van der Waals surface area contributed by atoms with Crippen LogP contribution in [0.5, 0.6) is 5.75 Å². The van der Waals surface area contributed by atoms with Gasteiger partial charge in [-0.25, -0.2) is 5.43 Å². The van der Waals surface area contributed by atoms with Gasteiger partial charge < -0.3 is 14.4 Å². The van der Waals surface area contributed by atoms with E-state index in [2.05, 4.69) is 15.4 Å². The number of morpholine rings is 1. The van der Waals surface area contributed by atoms with Crippen LogP contribution in [0.25, 0.3) is 0 Å². The Morgan fingerprint density at radius 3 is 2.71 bits per heavy atom. The summed E-state index contributed by atoms with van der Waals surface area (Å²) in [6.07, 6.45) is 1.45.